The standard InChI is InChI=1S/C15H20ClNO2/c1-5-9(3)13(18)12-7-11-10(14(16)17-12)8-19-15(11,4)6-2/h7,9H,5-6,8H2,1-4H3. The molecule has 2 unspecified atom stereocenters. The summed E-state index contributed by atoms with van der Waals surface area (Å²) in [6.07, 6.45) is 1.65. The number of fused-ring (bicyclic) bond motifs is 1. The van der Waals surface area contributed by atoms with Gasteiger partial charge in [0.05, 0.1) is 12.2 Å². The number of carbonyl (C=O) groups is 1. The second-order valence-electron chi connectivity index (χ2n) is 5.37. The van der Waals surface area contributed by atoms with Gasteiger partial charge in [0.25, 0.3) is 0 Å². The first-order valence-electron chi connectivity index (χ1n) is 6.81. The zero-order chi connectivity index (χ0) is 14.2. The molecule has 4 heteroatoms. The molecule has 1 aromatic rings. The van der Waals surface area contributed by atoms with Crippen LogP contribution in [0.5, 0.6) is 0 Å². The Hall–Kier alpha value is -0.930. The van der Waals surface area contributed by atoms with E-state index in [9.17, 15) is 4.79 Å². The number of aromatic nitrogens is 1. The third-order valence-electron chi connectivity index (χ3n) is 4.17. The molecule has 3 nitrogen and oxygen atoms in total. The Kier molecular flexibility index (Phi) is 3.98. The summed E-state index contributed by atoms with van der Waals surface area (Å²) in [7, 11) is 0. The molecule has 0 radical (unpaired) electrons. The molecule has 0 amide bonds. The van der Waals surface area contributed by atoms with Crippen molar-refractivity contribution in [2.24, 2.45) is 5.92 Å². The average molecular weight is 282 g/mol. The predicted molar refractivity (Wildman–Crippen MR) is 75.5 cm³/mol. The number of hydrogen-bond donors (Lipinski definition) is 0. The van der Waals surface area contributed by atoms with Gasteiger partial charge in [-0.1, -0.05) is 32.4 Å². The van der Waals surface area contributed by atoms with Crippen LogP contribution < -0.4 is 0 Å². The Labute approximate surface area is 119 Å². The van der Waals surface area contributed by atoms with Crippen molar-refractivity contribution in [1.82, 2.24) is 4.98 Å². The van der Waals surface area contributed by atoms with E-state index >= 15 is 0 Å². The molecular formula is C15H20ClNO2. The molecule has 0 saturated heterocycles. The van der Waals surface area contributed by atoms with E-state index in [2.05, 4.69) is 11.9 Å². The van der Waals surface area contributed by atoms with Gasteiger partial charge in [0.15, 0.2) is 5.78 Å². The van der Waals surface area contributed by atoms with Crippen LogP contribution in [-0.2, 0) is 16.9 Å². The first-order chi connectivity index (χ1) is 8.92. The lowest BCUT2D eigenvalue weighted by molar-refractivity contribution is -0.0259. The summed E-state index contributed by atoms with van der Waals surface area (Å²) in [5.41, 5.74) is 2.04. The SMILES string of the molecule is CCC(C)C(=O)c1cc2c(c(Cl)n1)COC2(C)CC. The topological polar surface area (TPSA) is 39.2 Å². The van der Waals surface area contributed by atoms with Crippen molar-refractivity contribution < 1.29 is 9.53 Å². The maximum Gasteiger partial charge on any atom is 0.184 e. The molecule has 104 valence electrons. The van der Waals surface area contributed by atoms with E-state index in [-0.39, 0.29) is 17.3 Å². The van der Waals surface area contributed by atoms with Crippen LogP contribution in [0, 0.1) is 5.92 Å². The van der Waals surface area contributed by atoms with Gasteiger partial charge in [-0.15, -0.1) is 0 Å². The third-order valence-corrected chi connectivity index (χ3v) is 4.48. The zero-order valence-corrected chi connectivity index (χ0v) is 12.7. The summed E-state index contributed by atoms with van der Waals surface area (Å²) in [6.45, 7) is 8.49. The van der Waals surface area contributed by atoms with Crippen LogP contribution in [0.1, 0.15) is 62.2 Å². The maximum atomic E-state index is 12.3. The van der Waals surface area contributed by atoms with Gasteiger partial charge in [-0.3, -0.25) is 4.79 Å². The van der Waals surface area contributed by atoms with Gasteiger partial charge >= 0.3 is 0 Å². The van der Waals surface area contributed by atoms with Crippen molar-refractivity contribution in [3.05, 3.63) is 28.0 Å². The fraction of sp³-hybridized carbons (Fsp3) is 0.600. The third kappa shape index (κ3) is 2.41. The average Bonchev–Trinajstić information content (AvgIpc) is 2.76. The van der Waals surface area contributed by atoms with Gasteiger partial charge in [0.2, 0.25) is 0 Å². The molecule has 2 atom stereocenters. The molecule has 0 fully saturated rings. The highest BCUT2D eigenvalue weighted by Gasteiger charge is 2.36. The number of pyridine rings is 1. The van der Waals surface area contributed by atoms with Crippen molar-refractivity contribution in [2.45, 2.75) is 52.7 Å². The molecular weight excluding hydrogens is 262 g/mol. The Bertz CT molecular complexity index is 515. The number of ketones is 1. The largest absolute Gasteiger partial charge is 0.366 e. The number of nitrogens with zero attached hydrogens (tertiary/aromatic N) is 1. The van der Waals surface area contributed by atoms with Crippen LogP contribution in [0.4, 0.5) is 0 Å². The van der Waals surface area contributed by atoms with Gasteiger partial charge in [0.1, 0.15) is 10.8 Å². The molecule has 0 saturated carbocycles. The number of carbonyl (C=O) groups excluding carboxylic acids is 1. The molecule has 0 spiro atoms. The number of halogens is 1. The molecule has 19 heavy (non-hydrogen) atoms. The summed E-state index contributed by atoms with van der Waals surface area (Å²) in [4.78, 5) is 16.5. The van der Waals surface area contributed by atoms with Gasteiger partial charge in [-0.25, -0.2) is 4.98 Å². The lowest BCUT2D eigenvalue weighted by Crippen LogP contribution is -2.20. The van der Waals surface area contributed by atoms with Crippen LogP contribution in [-0.4, -0.2) is 10.8 Å². The molecule has 1 aliphatic rings. The van der Waals surface area contributed by atoms with Crippen molar-refractivity contribution in [3.8, 4) is 0 Å². The zero-order valence-electron chi connectivity index (χ0n) is 11.9. The predicted octanol–water partition coefficient (Wildman–Crippen LogP) is 4.12. The highest BCUT2D eigenvalue weighted by Crippen LogP contribution is 2.41. The normalized spacial score (nSPS) is 23.2. The van der Waals surface area contributed by atoms with E-state index in [0.29, 0.717) is 17.5 Å². The second-order valence-corrected chi connectivity index (χ2v) is 5.73. The molecule has 1 aromatic heterocycles. The lowest BCUT2D eigenvalue weighted by atomic mass is 9.90. The maximum absolute atomic E-state index is 12.3. The van der Waals surface area contributed by atoms with Crippen LogP contribution in [0.2, 0.25) is 5.15 Å². The number of Topliss-reactive ketones (excluding diaryl/α,β-unsaturated/α-hetero) is 1. The van der Waals surface area contributed by atoms with E-state index in [4.69, 9.17) is 16.3 Å². The molecule has 0 aliphatic carbocycles. The van der Waals surface area contributed by atoms with Gasteiger partial charge in [-0.05, 0) is 31.4 Å². The minimum Gasteiger partial charge on any atom is -0.366 e. The highest BCUT2D eigenvalue weighted by molar-refractivity contribution is 6.30. The Morgan fingerprint density at radius 2 is 2.26 bits per heavy atom. The van der Waals surface area contributed by atoms with E-state index in [1.165, 1.54) is 0 Å². The van der Waals surface area contributed by atoms with Crippen molar-refractivity contribution in [1.29, 1.82) is 0 Å². The summed E-state index contributed by atoms with van der Waals surface area (Å²) >= 11 is 6.21. The van der Waals surface area contributed by atoms with E-state index < -0.39 is 0 Å². The monoisotopic (exact) mass is 281 g/mol. The molecule has 0 aromatic carbocycles. The van der Waals surface area contributed by atoms with Crippen molar-refractivity contribution in [2.75, 3.05) is 0 Å². The highest BCUT2D eigenvalue weighted by atomic mass is 35.5. The summed E-state index contributed by atoms with van der Waals surface area (Å²) in [5.74, 6) is 0.0226. The molecule has 2 heterocycles. The van der Waals surface area contributed by atoms with Crippen LogP contribution in [0.3, 0.4) is 0 Å². The molecule has 0 N–H and O–H groups in total. The minimum atomic E-state index is -0.355. The van der Waals surface area contributed by atoms with Gasteiger partial charge in [-0.2, -0.15) is 0 Å². The van der Waals surface area contributed by atoms with E-state index in [1.54, 1.807) is 0 Å². The van der Waals surface area contributed by atoms with Crippen LogP contribution >= 0.6 is 11.6 Å². The number of hydrogen-bond acceptors (Lipinski definition) is 3. The van der Waals surface area contributed by atoms with Gasteiger partial charge < -0.3 is 4.74 Å². The number of ether oxygens (including phenoxy) is 1. The van der Waals surface area contributed by atoms with E-state index in [1.807, 2.05) is 26.8 Å². The van der Waals surface area contributed by atoms with Crippen molar-refractivity contribution >= 4 is 17.4 Å². The summed E-state index contributed by atoms with van der Waals surface area (Å²) < 4.78 is 5.83. The minimum absolute atomic E-state index is 0.0307. The fourth-order valence-corrected chi connectivity index (χ4v) is 2.56. The number of rotatable bonds is 4. The first-order valence-corrected chi connectivity index (χ1v) is 7.18. The lowest BCUT2D eigenvalue weighted by Gasteiger charge is -2.23. The molecule has 0 bridgehead atoms. The van der Waals surface area contributed by atoms with Crippen molar-refractivity contribution in [3.63, 3.8) is 0 Å². The van der Waals surface area contributed by atoms with Gasteiger partial charge in [0, 0.05) is 11.5 Å². The first kappa shape index (κ1) is 14.5. The smallest absolute Gasteiger partial charge is 0.184 e. The van der Waals surface area contributed by atoms with Crippen LogP contribution in [0.15, 0.2) is 6.07 Å². The Morgan fingerprint density at radius 3 is 2.84 bits per heavy atom. The molecule has 1 aliphatic heterocycles. The molecule has 2 rings (SSSR count). The Morgan fingerprint density at radius 1 is 1.58 bits per heavy atom. The second kappa shape index (κ2) is 5.22. The Balaban J connectivity index is 2.49. The quantitative estimate of drug-likeness (QED) is 0.615. The summed E-state index contributed by atoms with van der Waals surface area (Å²) in [5, 5.41) is 0.404. The van der Waals surface area contributed by atoms with Crippen LogP contribution in [0.25, 0.3) is 0 Å². The fourth-order valence-electron chi connectivity index (χ4n) is 2.32. The summed E-state index contributed by atoms with van der Waals surface area (Å²) in [6, 6.07) is 1.87. The van der Waals surface area contributed by atoms with E-state index in [0.717, 1.165) is 24.0 Å².